The first-order valence-corrected chi connectivity index (χ1v) is 8.43. The summed E-state index contributed by atoms with van der Waals surface area (Å²) in [5.41, 5.74) is 1.34. The molecule has 2 aromatic rings. The number of aromatic nitrogens is 1. The van der Waals surface area contributed by atoms with Gasteiger partial charge in [0.25, 0.3) is 0 Å². The van der Waals surface area contributed by atoms with Gasteiger partial charge in [0, 0.05) is 25.9 Å². The maximum atomic E-state index is 10.8. The zero-order valence-electron chi connectivity index (χ0n) is 10.1. The molecular formula is C12H10BrNO3S2. The predicted molar refractivity (Wildman–Crippen MR) is 80.2 cm³/mol. The molecule has 0 aliphatic rings. The monoisotopic (exact) mass is 359 g/mol. The Bertz CT molecular complexity index is 627. The number of hydrogen-bond donors (Lipinski definition) is 1. The molecule has 1 aromatic carbocycles. The van der Waals surface area contributed by atoms with E-state index in [1.54, 1.807) is 23.5 Å². The number of hydrogen-bond acceptors (Lipinski definition) is 5. The quantitative estimate of drug-likeness (QED) is 0.823. The number of nitrogens with zero attached hydrogens (tertiary/aromatic N) is 1. The van der Waals surface area contributed by atoms with Crippen LogP contribution < -0.4 is 0 Å². The lowest BCUT2D eigenvalue weighted by Gasteiger charge is -2.09. The van der Waals surface area contributed by atoms with Gasteiger partial charge < -0.3 is 9.63 Å². The van der Waals surface area contributed by atoms with Crippen LogP contribution in [0, 0.1) is 0 Å². The van der Waals surface area contributed by atoms with Gasteiger partial charge in [-0.1, -0.05) is 5.16 Å². The fraction of sp³-hybridized carbons (Fsp3) is 0.167. The summed E-state index contributed by atoms with van der Waals surface area (Å²) in [6, 6.07) is 5.31. The number of benzene rings is 1. The van der Waals surface area contributed by atoms with Crippen molar-refractivity contribution in [1.29, 1.82) is 0 Å². The fourth-order valence-corrected chi connectivity index (χ4v) is 4.21. The second kappa shape index (κ2) is 6.02. The highest BCUT2D eigenvalue weighted by atomic mass is 79.9. The van der Waals surface area contributed by atoms with Crippen molar-refractivity contribution in [3.8, 4) is 11.3 Å². The van der Waals surface area contributed by atoms with Crippen molar-refractivity contribution in [2.24, 2.45) is 0 Å². The summed E-state index contributed by atoms with van der Waals surface area (Å²) in [5, 5.41) is 12.6. The molecule has 0 spiro atoms. The maximum Gasteiger partial charge on any atom is 0.374 e. The third-order valence-corrected chi connectivity index (χ3v) is 5.08. The fourth-order valence-electron chi connectivity index (χ4n) is 1.58. The molecule has 1 N–H and O–H groups in total. The first-order chi connectivity index (χ1) is 9.06. The van der Waals surface area contributed by atoms with Gasteiger partial charge in [0.15, 0.2) is 0 Å². The van der Waals surface area contributed by atoms with Gasteiger partial charge in [-0.05, 0) is 40.6 Å². The molecule has 1 heterocycles. The van der Waals surface area contributed by atoms with Crippen molar-refractivity contribution in [2.75, 3.05) is 12.5 Å². The molecule has 7 heteroatoms. The second-order valence-corrected chi connectivity index (χ2v) is 6.09. The van der Waals surface area contributed by atoms with Gasteiger partial charge in [0.05, 0.1) is 0 Å². The number of carboxylic acids is 1. The maximum absolute atomic E-state index is 10.8. The highest BCUT2D eigenvalue weighted by Crippen LogP contribution is 2.38. The van der Waals surface area contributed by atoms with E-state index in [-0.39, 0.29) is 5.76 Å². The molecule has 0 fully saturated rings. The van der Waals surface area contributed by atoms with Crippen LogP contribution in [-0.4, -0.2) is 28.7 Å². The molecule has 0 atom stereocenters. The van der Waals surface area contributed by atoms with Crippen LogP contribution in [0.3, 0.4) is 0 Å². The van der Waals surface area contributed by atoms with E-state index in [2.05, 4.69) is 21.1 Å². The number of aromatic carboxylic acids is 1. The molecule has 2 rings (SSSR count). The summed E-state index contributed by atoms with van der Waals surface area (Å²) in [7, 11) is 0. The van der Waals surface area contributed by atoms with E-state index in [0.29, 0.717) is 5.69 Å². The van der Waals surface area contributed by atoms with Crippen molar-refractivity contribution in [2.45, 2.75) is 9.79 Å². The van der Waals surface area contributed by atoms with Crippen LogP contribution in [0.2, 0.25) is 0 Å². The van der Waals surface area contributed by atoms with Crippen molar-refractivity contribution in [3.05, 3.63) is 28.4 Å². The van der Waals surface area contributed by atoms with Crippen LogP contribution in [0.25, 0.3) is 11.3 Å². The molecule has 1 aromatic heterocycles. The molecule has 0 aliphatic carbocycles. The Morgan fingerprint density at radius 1 is 1.32 bits per heavy atom. The number of rotatable bonds is 4. The standard InChI is InChI=1S/C12H10BrNO3S2/c1-18-10-4-6(3-7(13)11(10)19-2)8-5-9(12(15)16)17-14-8/h3-5H,1-2H3,(H,15,16). The normalized spacial score (nSPS) is 10.7. The Kier molecular flexibility index (Phi) is 4.59. The zero-order chi connectivity index (χ0) is 14.0. The lowest BCUT2D eigenvalue weighted by Crippen LogP contribution is -1.91. The molecule has 100 valence electrons. The lowest BCUT2D eigenvalue weighted by atomic mass is 10.1. The Morgan fingerprint density at radius 2 is 2.05 bits per heavy atom. The average molecular weight is 360 g/mol. The minimum atomic E-state index is -1.12. The van der Waals surface area contributed by atoms with Crippen molar-refractivity contribution < 1.29 is 14.4 Å². The molecule has 0 unspecified atom stereocenters. The highest BCUT2D eigenvalue weighted by Gasteiger charge is 2.15. The molecular weight excluding hydrogens is 350 g/mol. The van der Waals surface area contributed by atoms with E-state index in [9.17, 15) is 4.79 Å². The molecule has 0 amide bonds. The van der Waals surface area contributed by atoms with Gasteiger partial charge in [-0.15, -0.1) is 23.5 Å². The molecule has 0 saturated heterocycles. The summed E-state index contributed by atoms with van der Waals surface area (Å²) in [6.45, 7) is 0. The van der Waals surface area contributed by atoms with E-state index in [1.165, 1.54) is 6.07 Å². The number of thioether (sulfide) groups is 2. The topological polar surface area (TPSA) is 63.3 Å². The minimum absolute atomic E-state index is 0.161. The molecule has 0 bridgehead atoms. The van der Waals surface area contributed by atoms with Crippen LogP contribution >= 0.6 is 39.5 Å². The zero-order valence-corrected chi connectivity index (χ0v) is 13.4. The van der Waals surface area contributed by atoms with E-state index in [4.69, 9.17) is 9.63 Å². The third kappa shape index (κ3) is 2.98. The largest absolute Gasteiger partial charge is 0.475 e. The number of carboxylic acid groups (broad SMARTS) is 1. The number of halogens is 1. The van der Waals surface area contributed by atoms with E-state index in [1.807, 2.05) is 24.6 Å². The van der Waals surface area contributed by atoms with E-state index in [0.717, 1.165) is 19.8 Å². The van der Waals surface area contributed by atoms with Crippen molar-refractivity contribution in [3.63, 3.8) is 0 Å². The van der Waals surface area contributed by atoms with Crippen molar-refractivity contribution >= 4 is 45.4 Å². The van der Waals surface area contributed by atoms with Gasteiger partial charge in [-0.2, -0.15) is 0 Å². The van der Waals surface area contributed by atoms with Gasteiger partial charge in [0.1, 0.15) is 5.69 Å². The first kappa shape index (κ1) is 14.5. The second-order valence-electron chi connectivity index (χ2n) is 3.58. The molecule has 4 nitrogen and oxygen atoms in total. The molecule has 0 radical (unpaired) electrons. The Labute approximate surface area is 127 Å². The van der Waals surface area contributed by atoms with Crippen LogP contribution in [0.1, 0.15) is 10.6 Å². The summed E-state index contributed by atoms with van der Waals surface area (Å²) < 4.78 is 5.73. The van der Waals surface area contributed by atoms with Gasteiger partial charge in [-0.3, -0.25) is 0 Å². The summed E-state index contributed by atoms with van der Waals surface area (Å²) >= 11 is 6.81. The minimum Gasteiger partial charge on any atom is -0.475 e. The summed E-state index contributed by atoms with van der Waals surface area (Å²) in [5.74, 6) is -1.28. The Morgan fingerprint density at radius 3 is 2.58 bits per heavy atom. The van der Waals surface area contributed by atoms with Crippen LogP contribution in [-0.2, 0) is 0 Å². The molecule has 0 aliphatic heterocycles. The Balaban J connectivity index is 2.50. The third-order valence-electron chi connectivity index (χ3n) is 2.45. The summed E-state index contributed by atoms with van der Waals surface area (Å²) in [4.78, 5) is 13.0. The smallest absolute Gasteiger partial charge is 0.374 e. The van der Waals surface area contributed by atoms with Crippen LogP contribution in [0.4, 0.5) is 0 Å². The predicted octanol–water partition coefficient (Wildman–Crippen LogP) is 4.25. The lowest BCUT2D eigenvalue weighted by molar-refractivity contribution is 0.0652. The van der Waals surface area contributed by atoms with Gasteiger partial charge in [-0.25, -0.2) is 4.79 Å². The summed E-state index contributed by atoms with van der Waals surface area (Å²) in [6.07, 6.45) is 4.01. The average Bonchev–Trinajstić information content (AvgIpc) is 2.87. The highest BCUT2D eigenvalue weighted by molar-refractivity contribution is 9.10. The van der Waals surface area contributed by atoms with Crippen LogP contribution in [0.5, 0.6) is 0 Å². The molecule has 19 heavy (non-hydrogen) atoms. The first-order valence-electron chi connectivity index (χ1n) is 5.18. The SMILES string of the molecule is CSc1cc(-c2cc(C(=O)O)on2)cc(Br)c1SC. The van der Waals surface area contributed by atoms with E-state index >= 15 is 0 Å². The van der Waals surface area contributed by atoms with E-state index < -0.39 is 5.97 Å². The number of carbonyl (C=O) groups is 1. The molecule has 0 saturated carbocycles. The van der Waals surface area contributed by atoms with Gasteiger partial charge >= 0.3 is 5.97 Å². The van der Waals surface area contributed by atoms with Crippen LogP contribution in [0.15, 0.2) is 37.0 Å². The van der Waals surface area contributed by atoms with Gasteiger partial charge in [0.2, 0.25) is 5.76 Å². The van der Waals surface area contributed by atoms with Crippen molar-refractivity contribution in [1.82, 2.24) is 5.16 Å². The Hall–Kier alpha value is -0.920.